The van der Waals surface area contributed by atoms with Crippen LogP contribution in [0, 0.1) is 0 Å². The Labute approximate surface area is 120 Å². The molecule has 0 aliphatic carbocycles. The van der Waals surface area contributed by atoms with Gasteiger partial charge in [0.05, 0.1) is 5.38 Å². The van der Waals surface area contributed by atoms with Gasteiger partial charge in [0.2, 0.25) is 0 Å². The van der Waals surface area contributed by atoms with E-state index in [4.69, 9.17) is 11.6 Å². The van der Waals surface area contributed by atoms with Gasteiger partial charge in [-0.05, 0) is 29.7 Å². The van der Waals surface area contributed by atoms with Crippen molar-refractivity contribution < 1.29 is 0 Å². The summed E-state index contributed by atoms with van der Waals surface area (Å²) in [6, 6.07) is 18.9. The Morgan fingerprint density at radius 2 is 1.63 bits per heavy atom. The summed E-state index contributed by atoms with van der Waals surface area (Å²) in [4.78, 5) is 2.19. The molecule has 0 spiro atoms. The van der Waals surface area contributed by atoms with E-state index >= 15 is 0 Å². The van der Waals surface area contributed by atoms with E-state index in [0.29, 0.717) is 0 Å². The zero-order valence-electron chi connectivity index (χ0n) is 11.5. The first kappa shape index (κ1) is 14.0. The molecule has 0 N–H and O–H groups in total. The second kappa shape index (κ2) is 6.63. The molecule has 0 saturated carbocycles. The van der Waals surface area contributed by atoms with E-state index in [0.717, 1.165) is 13.0 Å². The van der Waals surface area contributed by atoms with E-state index in [2.05, 4.69) is 55.3 Å². The van der Waals surface area contributed by atoms with Gasteiger partial charge in [-0.25, -0.2) is 0 Å². The first-order valence-electron chi connectivity index (χ1n) is 6.69. The molecule has 2 aromatic rings. The van der Waals surface area contributed by atoms with Crippen LogP contribution >= 0.6 is 11.6 Å². The lowest BCUT2D eigenvalue weighted by atomic mass is 10.1. The van der Waals surface area contributed by atoms with Crippen LogP contribution in [0.4, 0.5) is 5.69 Å². The molecule has 0 radical (unpaired) electrons. The Balaban J connectivity index is 2.02. The van der Waals surface area contributed by atoms with Crippen LogP contribution in [0.1, 0.15) is 23.4 Å². The topological polar surface area (TPSA) is 3.24 Å². The number of aryl methyl sites for hydroxylation is 1. The molecular formula is C17H20ClN. The fourth-order valence-corrected chi connectivity index (χ4v) is 2.45. The van der Waals surface area contributed by atoms with E-state index in [-0.39, 0.29) is 5.38 Å². The summed E-state index contributed by atoms with van der Waals surface area (Å²) >= 11 is 6.50. The maximum Gasteiger partial charge on any atom is 0.0760 e. The Hall–Kier alpha value is -1.47. The van der Waals surface area contributed by atoms with Gasteiger partial charge in [0.15, 0.2) is 0 Å². The number of nitrogens with zero attached hydrogens (tertiary/aromatic N) is 1. The van der Waals surface area contributed by atoms with Crippen LogP contribution in [0.15, 0.2) is 54.6 Å². The average molecular weight is 274 g/mol. The third kappa shape index (κ3) is 3.74. The summed E-state index contributed by atoms with van der Waals surface area (Å²) in [5, 5.41) is 0.0103. The quantitative estimate of drug-likeness (QED) is 0.716. The molecule has 19 heavy (non-hydrogen) atoms. The van der Waals surface area contributed by atoms with Gasteiger partial charge in [-0.1, -0.05) is 49.4 Å². The first-order chi connectivity index (χ1) is 9.20. The van der Waals surface area contributed by atoms with Crippen LogP contribution in [0.25, 0.3) is 0 Å². The third-order valence-electron chi connectivity index (χ3n) is 3.38. The van der Waals surface area contributed by atoms with Crippen molar-refractivity contribution in [1.82, 2.24) is 0 Å². The Morgan fingerprint density at radius 1 is 1.00 bits per heavy atom. The van der Waals surface area contributed by atoms with Crippen LogP contribution in [-0.2, 0) is 6.42 Å². The largest absolute Gasteiger partial charge is 0.373 e. The summed E-state index contributed by atoms with van der Waals surface area (Å²) < 4.78 is 0. The molecule has 0 heterocycles. The van der Waals surface area contributed by atoms with E-state index < -0.39 is 0 Å². The number of para-hydroxylation sites is 1. The van der Waals surface area contributed by atoms with Gasteiger partial charge < -0.3 is 4.90 Å². The number of hydrogen-bond acceptors (Lipinski definition) is 1. The molecule has 0 aromatic heterocycles. The lowest BCUT2D eigenvalue weighted by Gasteiger charge is -2.22. The van der Waals surface area contributed by atoms with Gasteiger partial charge in [-0.2, -0.15) is 0 Å². The van der Waals surface area contributed by atoms with Crippen LogP contribution in [0.5, 0.6) is 0 Å². The number of hydrogen-bond donors (Lipinski definition) is 0. The third-order valence-corrected chi connectivity index (χ3v) is 3.77. The number of anilines is 1. The molecule has 1 atom stereocenters. The van der Waals surface area contributed by atoms with Crippen molar-refractivity contribution in [3.8, 4) is 0 Å². The lowest BCUT2D eigenvalue weighted by Crippen LogP contribution is -2.21. The number of halogens is 1. The SMILES string of the molecule is CCc1ccc(C(Cl)CN(C)c2ccccc2)cc1. The van der Waals surface area contributed by atoms with Crippen LogP contribution in [0.3, 0.4) is 0 Å². The molecule has 0 amide bonds. The minimum atomic E-state index is 0.0103. The van der Waals surface area contributed by atoms with Crippen LogP contribution in [0.2, 0.25) is 0 Å². The standard InChI is InChI=1S/C17H20ClN/c1-3-14-9-11-15(12-10-14)17(18)13-19(2)16-7-5-4-6-8-16/h4-12,17H,3,13H2,1-2H3. The first-order valence-corrected chi connectivity index (χ1v) is 7.13. The van der Waals surface area contributed by atoms with Gasteiger partial charge in [-0.3, -0.25) is 0 Å². The van der Waals surface area contributed by atoms with Gasteiger partial charge in [0, 0.05) is 19.3 Å². The smallest absolute Gasteiger partial charge is 0.0760 e. The van der Waals surface area contributed by atoms with Gasteiger partial charge in [0.1, 0.15) is 0 Å². The van der Waals surface area contributed by atoms with Gasteiger partial charge >= 0.3 is 0 Å². The maximum absolute atomic E-state index is 6.50. The van der Waals surface area contributed by atoms with Crippen molar-refractivity contribution in [1.29, 1.82) is 0 Å². The minimum absolute atomic E-state index is 0.0103. The molecule has 0 aliphatic heterocycles. The molecule has 2 rings (SSSR count). The van der Waals surface area contributed by atoms with Crippen molar-refractivity contribution in [2.45, 2.75) is 18.7 Å². The zero-order chi connectivity index (χ0) is 13.7. The van der Waals surface area contributed by atoms with Crippen molar-refractivity contribution in [3.63, 3.8) is 0 Å². The fourth-order valence-electron chi connectivity index (χ4n) is 2.10. The normalized spacial score (nSPS) is 12.2. The molecule has 2 heteroatoms. The maximum atomic E-state index is 6.50. The zero-order valence-corrected chi connectivity index (χ0v) is 12.3. The highest BCUT2D eigenvalue weighted by Gasteiger charge is 2.11. The molecule has 0 saturated heterocycles. The van der Waals surface area contributed by atoms with Gasteiger partial charge in [0.25, 0.3) is 0 Å². The van der Waals surface area contributed by atoms with Crippen molar-refractivity contribution in [3.05, 3.63) is 65.7 Å². The molecule has 0 aliphatic rings. The Morgan fingerprint density at radius 3 is 2.21 bits per heavy atom. The molecule has 1 unspecified atom stereocenters. The number of rotatable bonds is 5. The summed E-state index contributed by atoms with van der Waals surface area (Å²) in [5.41, 5.74) is 3.73. The minimum Gasteiger partial charge on any atom is -0.373 e. The highest BCUT2D eigenvalue weighted by molar-refractivity contribution is 6.21. The Kier molecular flexibility index (Phi) is 4.86. The summed E-state index contributed by atoms with van der Waals surface area (Å²) in [5.74, 6) is 0. The predicted octanol–water partition coefficient (Wildman–Crippen LogP) is 4.67. The number of likely N-dealkylation sites (N-methyl/N-ethyl adjacent to an activating group) is 1. The molecule has 1 nitrogen and oxygen atoms in total. The van der Waals surface area contributed by atoms with Gasteiger partial charge in [-0.15, -0.1) is 11.6 Å². The van der Waals surface area contributed by atoms with E-state index in [1.165, 1.54) is 16.8 Å². The Bertz CT molecular complexity index is 492. The highest BCUT2D eigenvalue weighted by Crippen LogP contribution is 2.24. The van der Waals surface area contributed by atoms with E-state index in [9.17, 15) is 0 Å². The highest BCUT2D eigenvalue weighted by atomic mass is 35.5. The summed E-state index contributed by atoms with van der Waals surface area (Å²) in [7, 11) is 2.07. The molecule has 0 fully saturated rings. The van der Waals surface area contributed by atoms with Crippen molar-refractivity contribution in [2.75, 3.05) is 18.5 Å². The summed E-state index contributed by atoms with van der Waals surface area (Å²) in [6.07, 6.45) is 1.07. The molecule has 100 valence electrons. The van der Waals surface area contributed by atoms with Crippen molar-refractivity contribution in [2.24, 2.45) is 0 Å². The van der Waals surface area contributed by atoms with Crippen LogP contribution < -0.4 is 4.90 Å². The monoisotopic (exact) mass is 273 g/mol. The molecule has 2 aromatic carbocycles. The second-order valence-electron chi connectivity index (χ2n) is 4.78. The second-order valence-corrected chi connectivity index (χ2v) is 5.31. The fraction of sp³-hybridized carbons (Fsp3) is 0.294. The molecule has 0 bridgehead atoms. The number of alkyl halides is 1. The number of benzene rings is 2. The average Bonchev–Trinajstić information content (AvgIpc) is 2.48. The summed E-state index contributed by atoms with van der Waals surface area (Å²) in [6.45, 7) is 2.97. The van der Waals surface area contributed by atoms with Crippen LogP contribution in [-0.4, -0.2) is 13.6 Å². The van der Waals surface area contributed by atoms with Crippen molar-refractivity contribution >= 4 is 17.3 Å². The lowest BCUT2D eigenvalue weighted by molar-refractivity contribution is 0.850. The van der Waals surface area contributed by atoms with E-state index in [1.54, 1.807) is 0 Å². The molecular weight excluding hydrogens is 254 g/mol. The van der Waals surface area contributed by atoms with E-state index in [1.807, 2.05) is 18.2 Å². The predicted molar refractivity (Wildman–Crippen MR) is 84.1 cm³/mol.